The van der Waals surface area contributed by atoms with Gasteiger partial charge in [-0.3, -0.25) is 4.79 Å². The third-order valence-electron chi connectivity index (χ3n) is 3.21. The summed E-state index contributed by atoms with van der Waals surface area (Å²) in [6.07, 6.45) is 0. The lowest BCUT2D eigenvalue weighted by atomic mass is 10.1. The molecule has 0 aliphatic carbocycles. The van der Waals surface area contributed by atoms with Crippen LogP contribution in [0.25, 0.3) is 0 Å². The first-order chi connectivity index (χ1) is 9.97. The SMILES string of the molecule is Cc1cccc(NC(=O)CSc2ccc(Cl)cc2N)c1C. The van der Waals surface area contributed by atoms with Gasteiger partial charge in [0.1, 0.15) is 0 Å². The first-order valence-corrected chi connectivity index (χ1v) is 7.87. The number of benzene rings is 2. The first kappa shape index (κ1) is 15.7. The topological polar surface area (TPSA) is 55.1 Å². The molecule has 110 valence electrons. The Hall–Kier alpha value is -1.65. The second-order valence-corrected chi connectivity index (χ2v) is 6.22. The summed E-state index contributed by atoms with van der Waals surface area (Å²) in [5.41, 5.74) is 9.55. The van der Waals surface area contributed by atoms with E-state index in [0.717, 1.165) is 21.7 Å². The van der Waals surface area contributed by atoms with Crippen LogP contribution < -0.4 is 11.1 Å². The summed E-state index contributed by atoms with van der Waals surface area (Å²) >= 11 is 7.25. The summed E-state index contributed by atoms with van der Waals surface area (Å²) in [5, 5.41) is 3.52. The number of nitrogen functional groups attached to an aromatic ring is 1. The van der Waals surface area contributed by atoms with E-state index in [4.69, 9.17) is 17.3 Å². The maximum atomic E-state index is 12.0. The Balaban J connectivity index is 1.97. The van der Waals surface area contributed by atoms with E-state index >= 15 is 0 Å². The van der Waals surface area contributed by atoms with Crippen LogP contribution in [0.1, 0.15) is 11.1 Å². The largest absolute Gasteiger partial charge is 0.398 e. The lowest BCUT2D eigenvalue weighted by Gasteiger charge is -2.10. The molecule has 0 aliphatic rings. The summed E-state index contributed by atoms with van der Waals surface area (Å²) in [4.78, 5) is 12.9. The summed E-state index contributed by atoms with van der Waals surface area (Å²) in [5.74, 6) is 0.252. The van der Waals surface area contributed by atoms with Gasteiger partial charge in [0.25, 0.3) is 0 Å². The fraction of sp³-hybridized carbons (Fsp3) is 0.188. The number of carbonyl (C=O) groups excluding carboxylic acids is 1. The van der Waals surface area contributed by atoms with Gasteiger partial charge in [-0.2, -0.15) is 0 Å². The third-order valence-corrected chi connectivity index (χ3v) is 4.53. The number of hydrogen-bond donors (Lipinski definition) is 2. The van der Waals surface area contributed by atoms with E-state index in [2.05, 4.69) is 5.32 Å². The molecule has 0 saturated carbocycles. The van der Waals surface area contributed by atoms with Crippen molar-refractivity contribution in [2.45, 2.75) is 18.7 Å². The maximum Gasteiger partial charge on any atom is 0.234 e. The first-order valence-electron chi connectivity index (χ1n) is 6.51. The summed E-state index contributed by atoms with van der Waals surface area (Å²) in [7, 11) is 0. The van der Waals surface area contributed by atoms with Gasteiger partial charge in [0.2, 0.25) is 5.91 Å². The average Bonchev–Trinajstić information content (AvgIpc) is 2.43. The average molecular weight is 321 g/mol. The fourth-order valence-corrected chi connectivity index (χ4v) is 2.80. The predicted molar refractivity (Wildman–Crippen MR) is 91.1 cm³/mol. The molecule has 0 fully saturated rings. The van der Waals surface area contributed by atoms with Gasteiger partial charge in [-0.25, -0.2) is 0 Å². The van der Waals surface area contributed by atoms with Crippen LogP contribution in [0.3, 0.4) is 0 Å². The van der Waals surface area contributed by atoms with E-state index in [-0.39, 0.29) is 5.91 Å². The number of hydrogen-bond acceptors (Lipinski definition) is 3. The lowest BCUT2D eigenvalue weighted by molar-refractivity contribution is -0.113. The molecule has 0 aliphatic heterocycles. The number of thioether (sulfide) groups is 1. The fourth-order valence-electron chi connectivity index (χ4n) is 1.87. The second-order valence-electron chi connectivity index (χ2n) is 4.77. The summed E-state index contributed by atoms with van der Waals surface area (Å²) < 4.78 is 0. The van der Waals surface area contributed by atoms with Crippen LogP contribution in [0.5, 0.6) is 0 Å². The van der Waals surface area contributed by atoms with E-state index in [0.29, 0.717) is 16.5 Å². The number of carbonyl (C=O) groups is 1. The van der Waals surface area contributed by atoms with Gasteiger partial charge in [0.05, 0.1) is 5.75 Å². The lowest BCUT2D eigenvalue weighted by Crippen LogP contribution is -2.15. The minimum Gasteiger partial charge on any atom is -0.398 e. The van der Waals surface area contributed by atoms with Crippen LogP contribution in [0.15, 0.2) is 41.3 Å². The zero-order valence-corrected chi connectivity index (χ0v) is 13.5. The third kappa shape index (κ3) is 4.16. The molecular weight excluding hydrogens is 304 g/mol. The zero-order valence-electron chi connectivity index (χ0n) is 11.9. The van der Waals surface area contributed by atoms with Crippen molar-refractivity contribution in [1.29, 1.82) is 0 Å². The van der Waals surface area contributed by atoms with Crippen LogP contribution in [0.2, 0.25) is 5.02 Å². The van der Waals surface area contributed by atoms with Crippen molar-refractivity contribution >= 4 is 40.6 Å². The molecule has 0 atom stereocenters. The van der Waals surface area contributed by atoms with Crippen molar-refractivity contribution in [3.8, 4) is 0 Å². The maximum absolute atomic E-state index is 12.0. The molecule has 21 heavy (non-hydrogen) atoms. The van der Waals surface area contributed by atoms with Gasteiger partial charge in [-0.1, -0.05) is 23.7 Å². The highest BCUT2D eigenvalue weighted by Gasteiger charge is 2.08. The van der Waals surface area contributed by atoms with E-state index in [1.54, 1.807) is 12.1 Å². The minimum atomic E-state index is -0.0527. The molecule has 3 N–H and O–H groups in total. The molecular formula is C16H17ClN2OS. The van der Waals surface area contributed by atoms with Crippen LogP contribution >= 0.6 is 23.4 Å². The molecule has 2 rings (SSSR count). The normalized spacial score (nSPS) is 10.4. The summed E-state index contributed by atoms with van der Waals surface area (Å²) in [6, 6.07) is 11.1. The van der Waals surface area contributed by atoms with Crippen molar-refractivity contribution in [2.75, 3.05) is 16.8 Å². The molecule has 0 aromatic heterocycles. The standard InChI is InChI=1S/C16H17ClN2OS/c1-10-4-3-5-14(11(10)2)19-16(20)9-21-15-7-6-12(17)8-13(15)18/h3-8H,9,18H2,1-2H3,(H,19,20). The minimum absolute atomic E-state index is 0.0527. The quantitative estimate of drug-likeness (QED) is 0.653. The summed E-state index contributed by atoms with van der Waals surface area (Å²) in [6.45, 7) is 4.02. The molecule has 0 heterocycles. The zero-order chi connectivity index (χ0) is 15.4. The Kier molecular flexibility index (Phi) is 5.15. The smallest absolute Gasteiger partial charge is 0.234 e. The second kappa shape index (κ2) is 6.87. The Bertz CT molecular complexity index is 673. The van der Waals surface area contributed by atoms with Gasteiger partial charge in [0.15, 0.2) is 0 Å². The van der Waals surface area contributed by atoms with Gasteiger partial charge in [-0.15, -0.1) is 11.8 Å². The number of rotatable bonds is 4. The number of amides is 1. The van der Waals surface area contributed by atoms with Gasteiger partial charge < -0.3 is 11.1 Å². The highest BCUT2D eigenvalue weighted by Crippen LogP contribution is 2.28. The number of nitrogens with two attached hydrogens (primary N) is 1. The van der Waals surface area contributed by atoms with Crippen LogP contribution in [0.4, 0.5) is 11.4 Å². The Morgan fingerprint density at radius 1 is 1.29 bits per heavy atom. The van der Waals surface area contributed by atoms with Crippen LogP contribution in [-0.2, 0) is 4.79 Å². The number of nitrogens with one attached hydrogen (secondary N) is 1. The monoisotopic (exact) mass is 320 g/mol. The van der Waals surface area contributed by atoms with Crippen molar-refractivity contribution in [3.05, 3.63) is 52.5 Å². The van der Waals surface area contributed by atoms with Crippen LogP contribution in [0, 0.1) is 13.8 Å². The van der Waals surface area contributed by atoms with Gasteiger partial charge in [0, 0.05) is 21.3 Å². The van der Waals surface area contributed by atoms with Crippen molar-refractivity contribution < 1.29 is 4.79 Å². The molecule has 0 bridgehead atoms. The Morgan fingerprint density at radius 3 is 2.76 bits per heavy atom. The highest BCUT2D eigenvalue weighted by molar-refractivity contribution is 8.00. The van der Waals surface area contributed by atoms with Crippen molar-refractivity contribution in [2.24, 2.45) is 0 Å². The van der Waals surface area contributed by atoms with E-state index in [1.165, 1.54) is 11.8 Å². The molecule has 5 heteroatoms. The molecule has 1 amide bonds. The number of aryl methyl sites for hydroxylation is 1. The number of halogens is 1. The van der Waals surface area contributed by atoms with Gasteiger partial charge in [-0.05, 0) is 49.2 Å². The van der Waals surface area contributed by atoms with Crippen LogP contribution in [-0.4, -0.2) is 11.7 Å². The van der Waals surface area contributed by atoms with Crippen molar-refractivity contribution in [3.63, 3.8) is 0 Å². The van der Waals surface area contributed by atoms with E-state index in [9.17, 15) is 4.79 Å². The molecule has 0 radical (unpaired) electrons. The van der Waals surface area contributed by atoms with Gasteiger partial charge >= 0.3 is 0 Å². The molecule has 0 saturated heterocycles. The van der Waals surface area contributed by atoms with E-state index in [1.807, 2.05) is 38.1 Å². The number of anilines is 2. The Morgan fingerprint density at radius 2 is 2.05 bits per heavy atom. The highest BCUT2D eigenvalue weighted by atomic mass is 35.5. The molecule has 3 nitrogen and oxygen atoms in total. The predicted octanol–water partition coefficient (Wildman–Crippen LogP) is 4.27. The Labute approximate surface area is 133 Å². The van der Waals surface area contributed by atoms with E-state index < -0.39 is 0 Å². The molecule has 2 aromatic rings. The molecule has 0 unspecified atom stereocenters. The molecule has 2 aromatic carbocycles. The molecule has 0 spiro atoms. The van der Waals surface area contributed by atoms with Crippen molar-refractivity contribution in [1.82, 2.24) is 0 Å².